The Morgan fingerprint density at radius 2 is 1.10 bits per heavy atom. The molecule has 28 nitrogen and oxygen atoms in total. The summed E-state index contributed by atoms with van der Waals surface area (Å²) in [5, 5.41) is 34.1. The molecule has 33 heteroatoms. The van der Waals surface area contributed by atoms with E-state index in [1.807, 2.05) is 0 Å². The van der Waals surface area contributed by atoms with E-state index in [0.29, 0.717) is 59.8 Å². The van der Waals surface area contributed by atoms with E-state index in [1.165, 1.54) is 48.1 Å². The molecule has 6 aromatic rings. The Labute approximate surface area is 470 Å². The number of aliphatic hydroxyl groups excluding tert-OH is 3. The number of phosphoric ester groups is 1. The fourth-order valence-electron chi connectivity index (χ4n) is 8.00. The van der Waals surface area contributed by atoms with E-state index in [-0.39, 0.29) is 45.5 Å². The third kappa shape index (κ3) is 16.5. The van der Waals surface area contributed by atoms with Crippen LogP contribution in [-0.2, 0) is 41.3 Å². The molecular weight excluding hydrogens is 1140 g/mol. The molecule has 4 aromatic heterocycles. The topological polar surface area (TPSA) is 363 Å². The fraction of sp³-hybridized carbons (Fsp3) is 0.480. The lowest BCUT2D eigenvalue weighted by Crippen LogP contribution is -3.11. The summed E-state index contributed by atoms with van der Waals surface area (Å²) >= 11 is 0. The van der Waals surface area contributed by atoms with E-state index in [1.54, 1.807) is 41.3 Å². The van der Waals surface area contributed by atoms with E-state index in [9.17, 15) is 56.4 Å². The molecule has 2 aliphatic rings. The van der Waals surface area contributed by atoms with Gasteiger partial charge >= 0.3 is 35.4 Å². The predicted molar refractivity (Wildman–Crippen MR) is 282 cm³/mol. The Kier molecular flexibility index (Phi) is 24.0. The molecular formula is C50H66F4N7O21P. The summed E-state index contributed by atoms with van der Waals surface area (Å²) in [7, 11) is 0.613. The van der Waals surface area contributed by atoms with Gasteiger partial charge in [-0.25, -0.2) is 19.2 Å². The third-order valence-corrected chi connectivity index (χ3v) is 12.8. The Hall–Kier alpha value is -7.39. The zero-order valence-electron chi connectivity index (χ0n) is 44.2. The van der Waals surface area contributed by atoms with Crippen molar-refractivity contribution in [2.24, 2.45) is 0 Å². The zero-order chi connectivity index (χ0) is 59.6. The highest BCUT2D eigenvalue weighted by Crippen LogP contribution is 2.45. The number of aliphatic hydroxyl groups is 3. The molecule has 0 spiro atoms. The number of benzene rings is 2. The molecule has 8 rings (SSSR count). The lowest BCUT2D eigenvalue weighted by atomic mass is 10.1. The number of quaternary nitrogens is 1. The molecule has 0 aliphatic carbocycles. The highest BCUT2D eigenvalue weighted by molar-refractivity contribution is 7.44. The Balaban J connectivity index is 0.000000314. The van der Waals surface area contributed by atoms with Crippen molar-refractivity contribution in [3.8, 4) is 23.0 Å². The lowest BCUT2D eigenvalue weighted by molar-refractivity contribution is -0.894. The normalized spacial score (nSPS) is 20.1. The van der Waals surface area contributed by atoms with Gasteiger partial charge in [-0.05, 0) is 57.2 Å². The summed E-state index contributed by atoms with van der Waals surface area (Å²) < 4.78 is 125. The van der Waals surface area contributed by atoms with Crippen molar-refractivity contribution in [1.82, 2.24) is 19.1 Å². The molecule has 6 heterocycles. The summed E-state index contributed by atoms with van der Waals surface area (Å²) in [5.74, 6) is -6.13. The van der Waals surface area contributed by atoms with E-state index in [2.05, 4.69) is 45.9 Å². The van der Waals surface area contributed by atoms with E-state index < -0.39 is 93.3 Å². The number of nitrogens with zero attached hydrogens (tertiary/aromatic N) is 4. The molecule has 83 heavy (non-hydrogen) atoms. The maximum Gasteiger partial charge on any atom is 0.413 e. The van der Waals surface area contributed by atoms with Gasteiger partial charge in [0.1, 0.15) is 46.9 Å². The monoisotopic (exact) mass is 1210 g/mol. The van der Waals surface area contributed by atoms with Crippen LogP contribution in [0.3, 0.4) is 0 Å². The standard InChI is InChI=1S/C21H22F2N3O12P.C21H21F2N3O9.C6H15N.2CH4/c1-33-11-5-10-6-12(37-16(10)13(7-11)34-2)8-35-20(29)25-15-3-4-26(19(28)24-15)18-21(22,23)17(27)14(38-18)9-36-39(30,31)32;1-31-11-5-10-6-12(34-16(10)13(7-11)32-2)9-33-20(30)25-15-3-4-26(19(29)24-15)18-21(22,23)17(28)14(8-27)35-18;1-4-7(5-2)6-3;;/h3-7,14,17-18,27H,8-9H2,1-2H3,(H2,30,31,32)(H,24,25,28,29);3-7,14,17-18,27-28H,8-9H2,1-2H3,(H,24,25,29,30);4-6H2,1-3H3;2*1H4/t2*14-,17-,18-;;;/m11.../s1. The van der Waals surface area contributed by atoms with Crippen molar-refractivity contribution >= 4 is 53.6 Å². The summed E-state index contributed by atoms with van der Waals surface area (Å²) in [5.41, 5.74) is -1.67. The minimum absolute atomic E-state index is 0. The fourth-order valence-corrected chi connectivity index (χ4v) is 8.33. The average molecular weight is 1210 g/mol. The van der Waals surface area contributed by atoms with Crippen LogP contribution in [0.2, 0.25) is 0 Å². The molecule has 1 unspecified atom stereocenters. The van der Waals surface area contributed by atoms with Gasteiger partial charge in [0.25, 0.3) is 7.82 Å². The molecule has 0 radical (unpaired) electrons. The van der Waals surface area contributed by atoms with Gasteiger partial charge in [-0.3, -0.25) is 24.3 Å². The van der Waals surface area contributed by atoms with Gasteiger partial charge in [0, 0.05) is 35.3 Å². The number of ether oxygens (including phenoxy) is 8. The second kappa shape index (κ2) is 29.2. The average Bonchev–Trinajstić information content (AvgIpc) is 3.04. The van der Waals surface area contributed by atoms with Crippen molar-refractivity contribution in [2.75, 3.05) is 71.9 Å². The van der Waals surface area contributed by atoms with Crippen molar-refractivity contribution < 1.29 is 113 Å². The van der Waals surface area contributed by atoms with Gasteiger partial charge in [-0.2, -0.15) is 27.5 Å². The first-order chi connectivity index (χ1) is 38.3. The number of rotatable bonds is 19. The molecule has 0 saturated carbocycles. The van der Waals surface area contributed by atoms with Crippen molar-refractivity contribution in [2.45, 2.75) is 97.6 Å². The number of anilines is 2. The Morgan fingerprint density at radius 1 is 0.699 bits per heavy atom. The number of aromatic nitrogens is 4. The van der Waals surface area contributed by atoms with E-state index in [4.69, 9.17) is 56.7 Å². The number of alkyl halides is 4. The van der Waals surface area contributed by atoms with Crippen LogP contribution in [-0.4, -0.2) is 149 Å². The number of furan rings is 2. The van der Waals surface area contributed by atoms with E-state index >= 15 is 0 Å². The van der Waals surface area contributed by atoms with Gasteiger partial charge in [0.2, 0.25) is 12.5 Å². The van der Waals surface area contributed by atoms with Gasteiger partial charge in [-0.15, -0.1) is 0 Å². The summed E-state index contributed by atoms with van der Waals surface area (Å²) in [4.78, 5) is 77.0. The lowest BCUT2D eigenvalue weighted by Gasteiger charge is -2.21. The number of nitrogens with one attached hydrogen (secondary N) is 3. The number of phosphoric acid groups is 1. The number of hydrogen-bond acceptors (Lipinski definition) is 22. The molecule has 2 amide bonds. The van der Waals surface area contributed by atoms with Crippen LogP contribution < -0.4 is 50.8 Å². The van der Waals surface area contributed by atoms with Gasteiger partial charge < -0.3 is 81.3 Å². The molecule has 7 N–H and O–H groups in total. The van der Waals surface area contributed by atoms with Gasteiger partial charge in [-0.1, -0.05) is 14.9 Å². The van der Waals surface area contributed by atoms with Crippen LogP contribution in [0, 0.1) is 0 Å². The highest BCUT2D eigenvalue weighted by atomic mass is 31.2. The third-order valence-electron chi connectivity index (χ3n) is 12.3. The smallest absolute Gasteiger partial charge is 0.413 e. The number of fused-ring (bicyclic) bond motifs is 2. The summed E-state index contributed by atoms with van der Waals surface area (Å²) in [6, 6.07) is 11.9. The Bertz CT molecular complexity index is 3290. The molecule has 2 aromatic carbocycles. The predicted octanol–water partition coefficient (Wildman–Crippen LogP) is 3.97. The maximum atomic E-state index is 14.5. The number of carbonyl (C=O) groups excluding carboxylic acids is 2. The largest absolute Gasteiger partial charge is 0.756 e. The van der Waals surface area contributed by atoms with Crippen LogP contribution in [0.15, 0.2) is 79.3 Å². The Morgan fingerprint density at radius 3 is 1.42 bits per heavy atom. The van der Waals surface area contributed by atoms with E-state index in [0.717, 1.165) is 24.5 Å². The summed E-state index contributed by atoms with van der Waals surface area (Å²) in [6.45, 7) is 7.89. The quantitative estimate of drug-likeness (QED) is 0.0445. The molecule has 2 fully saturated rings. The second-order valence-electron chi connectivity index (χ2n) is 17.4. The first-order valence-electron chi connectivity index (χ1n) is 24.2. The van der Waals surface area contributed by atoms with Crippen molar-refractivity contribution in [3.63, 3.8) is 0 Å². The summed E-state index contributed by atoms with van der Waals surface area (Å²) in [6.07, 6.45) is -13.3. The first kappa shape index (κ1) is 68.1. The number of halogens is 4. The SMILES string of the molecule is C.C.CC[NH+](CC)CC.COc1cc(OC)c2oc(COC(=O)Nc3ccn([C@@H]4O[C@H](CO)[C@@H](O)C4(F)F)c(=O)n3)cc2c1.COc1cc(OC)c2oc(COC(=O)Nc3ccn([C@@H]4O[C@H](COP(=O)([O-])O)[C@@H](O)C4(F)F)c(=O)n3)cc2c1. The maximum absolute atomic E-state index is 14.5. The number of amides is 2. The van der Waals surface area contributed by atoms with Crippen molar-refractivity contribution in [3.05, 3.63) is 93.4 Å². The molecule has 0 bridgehead atoms. The minimum atomic E-state index is -5.28. The van der Waals surface area contributed by atoms with Gasteiger partial charge in [0.15, 0.2) is 48.1 Å². The van der Waals surface area contributed by atoms with Crippen LogP contribution in [0.5, 0.6) is 23.0 Å². The van der Waals surface area contributed by atoms with Crippen LogP contribution in [0.1, 0.15) is 59.6 Å². The zero-order valence-corrected chi connectivity index (χ0v) is 45.1. The van der Waals surface area contributed by atoms with Crippen molar-refractivity contribution in [1.29, 1.82) is 0 Å². The van der Waals surface area contributed by atoms with Crippen LogP contribution >= 0.6 is 7.82 Å². The van der Waals surface area contributed by atoms with Crippen LogP contribution in [0.25, 0.3) is 21.9 Å². The minimum Gasteiger partial charge on any atom is -0.756 e. The van der Waals surface area contributed by atoms with Gasteiger partial charge in [0.05, 0.1) is 61.3 Å². The molecule has 2 aliphatic heterocycles. The highest BCUT2D eigenvalue weighted by Gasteiger charge is 2.61. The van der Waals surface area contributed by atoms with Crippen LogP contribution in [0.4, 0.5) is 38.8 Å². The first-order valence-corrected chi connectivity index (χ1v) is 25.7. The molecule has 460 valence electrons. The molecule has 2 saturated heterocycles. The molecule has 7 atom stereocenters. The number of carbonyl (C=O) groups is 2. The second-order valence-corrected chi connectivity index (χ2v) is 18.6. The number of methoxy groups -OCH3 is 4. The number of hydrogen-bond donors (Lipinski definition) is 7.